The van der Waals surface area contributed by atoms with Crippen LogP contribution in [0.3, 0.4) is 0 Å². The van der Waals surface area contributed by atoms with Gasteiger partial charge >= 0.3 is 0 Å². The molecule has 1 aliphatic rings. The number of hydrogen-bond donors (Lipinski definition) is 0. The molecule has 1 unspecified atom stereocenters. The molecule has 7 heteroatoms. The van der Waals surface area contributed by atoms with Crippen LogP contribution in [-0.4, -0.2) is 50.5 Å². The van der Waals surface area contributed by atoms with Crippen LogP contribution >= 0.6 is 0 Å². The fourth-order valence-corrected chi connectivity index (χ4v) is 2.99. The van der Waals surface area contributed by atoms with Crippen molar-refractivity contribution in [3.05, 3.63) is 35.4 Å². The lowest BCUT2D eigenvalue weighted by Crippen LogP contribution is -2.44. The van der Waals surface area contributed by atoms with E-state index in [1.54, 1.807) is 31.2 Å². The Morgan fingerprint density at radius 1 is 1.18 bits per heavy atom. The summed E-state index contributed by atoms with van der Waals surface area (Å²) < 4.78 is 27.7. The Morgan fingerprint density at radius 2 is 1.77 bits per heavy atom. The van der Waals surface area contributed by atoms with Crippen LogP contribution in [0.25, 0.3) is 0 Å². The van der Waals surface area contributed by atoms with Gasteiger partial charge in [-0.05, 0) is 25.3 Å². The minimum Gasteiger partial charge on any atom is -0.340 e. The van der Waals surface area contributed by atoms with Crippen LogP contribution < -0.4 is 0 Å². The van der Waals surface area contributed by atoms with Crippen molar-refractivity contribution in [2.45, 2.75) is 25.9 Å². The van der Waals surface area contributed by atoms with E-state index in [2.05, 4.69) is 0 Å². The number of carbonyl (C=O) groups is 2. The third-order valence-electron chi connectivity index (χ3n) is 3.56. The molecule has 1 amide bonds. The molecule has 0 aliphatic carbocycles. The summed E-state index contributed by atoms with van der Waals surface area (Å²) in [7, 11) is -3.93. The first-order valence-corrected chi connectivity index (χ1v) is 8.88. The van der Waals surface area contributed by atoms with E-state index in [1.165, 1.54) is 4.90 Å². The zero-order chi connectivity index (χ0) is 16.3. The molecule has 1 atom stereocenters. The van der Waals surface area contributed by atoms with Gasteiger partial charge in [-0.1, -0.05) is 24.3 Å². The van der Waals surface area contributed by atoms with Crippen LogP contribution in [0.5, 0.6) is 0 Å². The maximum absolute atomic E-state index is 12.6. The molecule has 0 spiro atoms. The second kappa shape index (κ2) is 6.58. The van der Waals surface area contributed by atoms with E-state index in [4.69, 9.17) is 4.18 Å². The van der Waals surface area contributed by atoms with Gasteiger partial charge in [0.25, 0.3) is 16.0 Å². The molecular weight excluding hydrogens is 306 g/mol. The number of rotatable bonds is 5. The summed E-state index contributed by atoms with van der Waals surface area (Å²) in [6, 6.07) is 6.72. The van der Waals surface area contributed by atoms with Crippen LogP contribution in [0.4, 0.5) is 0 Å². The highest BCUT2D eigenvalue weighted by molar-refractivity contribution is 7.86. The van der Waals surface area contributed by atoms with Gasteiger partial charge in [-0.2, -0.15) is 8.42 Å². The molecule has 1 fully saturated rings. The Kier molecular flexibility index (Phi) is 4.97. The molecule has 0 radical (unpaired) electrons. The number of likely N-dealkylation sites (tertiary alicyclic amines) is 1. The lowest BCUT2D eigenvalue weighted by atomic mass is 10.0. The molecule has 1 aromatic rings. The molecule has 0 N–H and O–H groups in total. The number of Topliss-reactive ketones (excluding diaryl/α,β-unsaturated/α-hetero) is 1. The molecule has 6 nitrogen and oxygen atoms in total. The maximum Gasteiger partial charge on any atom is 0.265 e. The second-order valence-electron chi connectivity index (χ2n) is 5.39. The largest absolute Gasteiger partial charge is 0.340 e. The van der Waals surface area contributed by atoms with Crippen molar-refractivity contribution >= 4 is 21.8 Å². The van der Waals surface area contributed by atoms with E-state index in [0.717, 1.165) is 19.1 Å². The summed E-state index contributed by atoms with van der Waals surface area (Å²) in [5, 5.41) is 0. The number of aryl methyl sites for hydroxylation is 1. The fraction of sp³-hybridized carbons (Fsp3) is 0.467. The SMILES string of the molecule is Cc1ccccc1C(=O)C(OS(C)(=O)=O)C(=O)N1CCCC1. The molecule has 1 aliphatic heterocycles. The average molecular weight is 325 g/mol. The average Bonchev–Trinajstić information content (AvgIpc) is 2.97. The van der Waals surface area contributed by atoms with Gasteiger partial charge in [-0.3, -0.25) is 9.59 Å². The third kappa shape index (κ3) is 3.92. The summed E-state index contributed by atoms with van der Waals surface area (Å²) in [6.45, 7) is 2.76. The highest BCUT2D eigenvalue weighted by atomic mass is 32.2. The van der Waals surface area contributed by atoms with Gasteiger partial charge in [0.05, 0.1) is 6.26 Å². The molecule has 0 bridgehead atoms. The Hall–Kier alpha value is -1.73. The first-order chi connectivity index (χ1) is 10.3. The van der Waals surface area contributed by atoms with Crippen molar-refractivity contribution < 1.29 is 22.2 Å². The van der Waals surface area contributed by atoms with Crippen LogP contribution in [0, 0.1) is 6.92 Å². The van der Waals surface area contributed by atoms with Gasteiger partial charge in [0, 0.05) is 18.7 Å². The minimum absolute atomic E-state index is 0.295. The number of nitrogens with zero attached hydrogens (tertiary/aromatic N) is 1. The van der Waals surface area contributed by atoms with Crippen LogP contribution in [-0.2, 0) is 19.1 Å². The lowest BCUT2D eigenvalue weighted by molar-refractivity contribution is -0.135. The second-order valence-corrected chi connectivity index (χ2v) is 6.99. The predicted octanol–water partition coefficient (Wildman–Crippen LogP) is 1.14. The summed E-state index contributed by atoms with van der Waals surface area (Å²) in [6.07, 6.45) is 0.878. The Labute approximate surface area is 130 Å². The highest BCUT2D eigenvalue weighted by Crippen LogP contribution is 2.17. The maximum atomic E-state index is 12.6. The molecule has 1 saturated heterocycles. The quantitative estimate of drug-likeness (QED) is 0.461. The molecule has 22 heavy (non-hydrogen) atoms. The molecule has 120 valence electrons. The van der Waals surface area contributed by atoms with Crippen LogP contribution in [0.15, 0.2) is 24.3 Å². The zero-order valence-corrected chi connectivity index (χ0v) is 13.4. The molecule has 2 rings (SSSR count). The van der Waals surface area contributed by atoms with Gasteiger partial charge in [-0.15, -0.1) is 0 Å². The number of carbonyl (C=O) groups excluding carboxylic acids is 2. The van der Waals surface area contributed by atoms with Crippen molar-refractivity contribution in [2.75, 3.05) is 19.3 Å². The first kappa shape index (κ1) is 16.6. The lowest BCUT2D eigenvalue weighted by Gasteiger charge is -2.22. The molecule has 0 saturated carbocycles. The van der Waals surface area contributed by atoms with Gasteiger partial charge in [-0.25, -0.2) is 4.18 Å². The number of hydrogen-bond acceptors (Lipinski definition) is 5. The van der Waals surface area contributed by atoms with Crippen LogP contribution in [0.1, 0.15) is 28.8 Å². The minimum atomic E-state index is -3.93. The normalized spacial score (nSPS) is 16.5. The van der Waals surface area contributed by atoms with E-state index in [0.29, 0.717) is 24.2 Å². The topological polar surface area (TPSA) is 80.8 Å². The highest BCUT2D eigenvalue weighted by Gasteiger charge is 2.36. The molecule has 0 aromatic heterocycles. The van der Waals surface area contributed by atoms with Crippen molar-refractivity contribution in [1.29, 1.82) is 0 Å². The number of amides is 1. The Bertz CT molecular complexity index is 677. The number of benzene rings is 1. The van der Waals surface area contributed by atoms with Gasteiger partial charge in [0.1, 0.15) is 0 Å². The van der Waals surface area contributed by atoms with Gasteiger partial charge in [0.2, 0.25) is 11.9 Å². The third-order valence-corrected chi connectivity index (χ3v) is 4.10. The summed E-state index contributed by atoms with van der Waals surface area (Å²) >= 11 is 0. The predicted molar refractivity (Wildman–Crippen MR) is 81.0 cm³/mol. The summed E-state index contributed by atoms with van der Waals surface area (Å²) in [5.74, 6) is -1.21. The first-order valence-electron chi connectivity index (χ1n) is 7.06. The Morgan fingerprint density at radius 3 is 2.32 bits per heavy atom. The van der Waals surface area contributed by atoms with Gasteiger partial charge < -0.3 is 4.90 Å². The van der Waals surface area contributed by atoms with Crippen LogP contribution in [0.2, 0.25) is 0 Å². The van der Waals surface area contributed by atoms with Gasteiger partial charge in [0.15, 0.2) is 0 Å². The molecular formula is C15H19NO5S. The molecule has 1 heterocycles. The van der Waals surface area contributed by atoms with E-state index in [9.17, 15) is 18.0 Å². The van der Waals surface area contributed by atoms with E-state index >= 15 is 0 Å². The van der Waals surface area contributed by atoms with Crippen molar-refractivity contribution in [3.63, 3.8) is 0 Å². The van der Waals surface area contributed by atoms with E-state index < -0.39 is 27.9 Å². The standard InChI is InChI=1S/C15H19NO5S/c1-11-7-3-4-8-12(11)13(17)14(21-22(2,19)20)15(18)16-9-5-6-10-16/h3-4,7-8,14H,5-6,9-10H2,1-2H3. The monoisotopic (exact) mass is 325 g/mol. The number of ketones is 1. The zero-order valence-electron chi connectivity index (χ0n) is 12.6. The summed E-state index contributed by atoms with van der Waals surface area (Å²) in [4.78, 5) is 26.5. The molecule has 1 aromatic carbocycles. The summed E-state index contributed by atoms with van der Waals surface area (Å²) in [5.41, 5.74) is 0.965. The van der Waals surface area contributed by atoms with Crippen molar-refractivity contribution in [1.82, 2.24) is 4.90 Å². The van der Waals surface area contributed by atoms with E-state index in [-0.39, 0.29) is 0 Å². The smallest absolute Gasteiger partial charge is 0.265 e. The van der Waals surface area contributed by atoms with Crippen molar-refractivity contribution in [3.8, 4) is 0 Å². The fourth-order valence-electron chi connectivity index (χ4n) is 2.47. The van der Waals surface area contributed by atoms with Crippen molar-refractivity contribution in [2.24, 2.45) is 0 Å². The van der Waals surface area contributed by atoms with E-state index in [1.807, 2.05) is 0 Å². The Balaban J connectivity index is 2.33.